The van der Waals surface area contributed by atoms with Crippen molar-refractivity contribution in [3.63, 3.8) is 0 Å². The number of terminal acetylenes is 1. The van der Waals surface area contributed by atoms with Crippen molar-refractivity contribution in [2.24, 2.45) is 0 Å². The van der Waals surface area contributed by atoms with E-state index in [9.17, 15) is 4.79 Å². The minimum atomic E-state index is -0.112. The molecule has 4 heteroatoms. The van der Waals surface area contributed by atoms with Crippen LogP contribution in [0.2, 0.25) is 0 Å². The van der Waals surface area contributed by atoms with Crippen molar-refractivity contribution in [2.75, 3.05) is 5.32 Å². The van der Waals surface area contributed by atoms with Crippen molar-refractivity contribution in [2.45, 2.75) is 32.1 Å². The number of anilines is 1. The van der Waals surface area contributed by atoms with Crippen LogP contribution < -0.4 is 5.32 Å². The predicted octanol–water partition coefficient (Wildman–Crippen LogP) is 2.46. The van der Waals surface area contributed by atoms with E-state index in [1.807, 2.05) is 0 Å². The van der Waals surface area contributed by atoms with E-state index in [0.29, 0.717) is 23.4 Å². The molecule has 17 heavy (non-hydrogen) atoms. The number of nitrogens with one attached hydrogen (secondary N) is 1. The van der Waals surface area contributed by atoms with Crippen LogP contribution in [-0.4, -0.2) is 5.91 Å². The Bertz CT molecular complexity index is 531. The second-order valence-electron chi connectivity index (χ2n) is 3.93. The summed E-state index contributed by atoms with van der Waals surface area (Å²) >= 11 is 1.53. The number of rotatable bonds is 3. The zero-order valence-corrected chi connectivity index (χ0v) is 10.2. The zero-order valence-electron chi connectivity index (χ0n) is 9.38. The number of hydrogen-bond donors (Lipinski definition) is 1. The van der Waals surface area contributed by atoms with Crippen molar-refractivity contribution in [1.82, 2.24) is 0 Å². The van der Waals surface area contributed by atoms with Gasteiger partial charge in [-0.15, -0.1) is 23.7 Å². The molecule has 0 bridgehead atoms. The monoisotopic (exact) mass is 244 g/mol. The highest BCUT2D eigenvalue weighted by Gasteiger charge is 2.22. The van der Waals surface area contributed by atoms with Crippen LogP contribution in [0.3, 0.4) is 0 Å². The Labute approximate surface area is 104 Å². The lowest BCUT2D eigenvalue weighted by molar-refractivity contribution is -0.116. The molecule has 1 N–H and O–H groups in total. The maximum absolute atomic E-state index is 11.6. The number of fused-ring (bicyclic) bond motifs is 1. The average molecular weight is 244 g/mol. The SMILES string of the molecule is C#CCCC(=O)Nc1sc2c(c1C#N)CCC2. The molecule has 0 atom stereocenters. The molecular weight excluding hydrogens is 232 g/mol. The average Bonchev–Trinajstić information content (AvgIpc) is 2.86. The third kappa shape index (κ3) is 2.33. The van der Waals surface area contributed by atoms with Crippen LogP contribution >= 0.6 is 11.3 Å². The van der Waals surface area contributed by atoms with E-state index in [0.717, 1.165) is 24.8 Å². The fourth-order valence-electron chi connectivity index (χ4n) is 1.99. The highest BCUT2D eigenvalue weighted by Crippen LogP contribution is 2.38. The van der Waals surface area contributed by atoms with Gasteiger partial charge in [0.2, 0.25) is 5.91 Å². The normalized spacial score (nSPS) is 12.6. The third-order valence-corrected chi connectivity index (χ3v) is 3.99. The Morgan fingerprint density at radius 2 is 2.35 bits per heavy atom. The smallest absolute Gasteiger partial charge is 0.225 e. The third-order valence-electron chi connectivity index (χ3n) is 2.78. The topological polar surface area (TPSA) is 52.9 Å². The Morgan fingerprint density at radius 3 is 3.06 bits per heavy atom. The van der Waals surface area contributed by atoms with E-state index in [1.165, 1.54) is 16.2 Å². The molecule has 0 fully saturated rings. The quantitative estimate of drug-likeness (QED) is 0.830. The molecular formula is C13H12N2OS. The van der Waals surface area contributed by atoms with Crippen molar-refractivity contribution in [3.8, 4) is 18.4 Å². The van der Waals surface area contributed by atoms with Crippen molar-refractivity contribution >= 4 is 22.2 Å². The summed E-state index contributed by atoms with van der Waals surface area (Å²) in [4.78, 5) is 12.8. The van der Waals surface area contributed by atoms with Gasteiger partial charge in [-0.3, -0.25) is 4.79 Å². The first-order chi connectivity index (χ1) is 8.26. The number of nitrogens with zero attached hydrogens (tertiary/aromatic N) is 1. The molecule has 0 saturated carbocycles. The van der Waals surface area contributed by atoms with Gasteiger partial charge in [0.25, 0.3) is 0 Å². The summed E-state index contributed by atoms with van der Waals surface area (Å²) in [5.74, 6) is 2.32. The second kappa shape index (κ2) is 5.03. The Kier molecular flexibility index (Phi) is 3.46. The molecule has 3 nitrogen and oxygen atoms in total. The summed E-state index contributed by atoms with van der Waals surface area (Å²) in [5, 5.41) is 12.6. The van der Waals surface area contributed by atoms with Gasteiger partial charge in [0, 0.05) is 17.7 Å². The summed E-state index contributed by atoms with van der Waals surface area (Å²) < 4.78 is 0. The summed E-state index contributed by atoms with van der Waals surface area (Å²) in [7, 11) is 0. The number of carbonyl (C=O) groups excluding carboxylic acids is 1. The van der Waals surface area contributed by atoms with Crippen LogP contribution in [0.25, 0.3) is 0 Å². The summed E-state index contributed by atoms with van der Waals surface area (Å²) in [6.45, 7) is 0. The molecule has 0 aliphatic heterocycles. The fourth-order valence-corrected chi connectivity index (χ4v) is 3.24. The Morgan fingerprint density at radius 1 is 1.53 bits per heavy atom. The van der Waals surface area contributed by atoms with Crippen LogP contribution in [0.15, 0.2) is 0 Å². The molecule has 0 radical (unpaired) electrons. The standard InChI is InChI=1S/C13H12N2OS/c1-2-3-7-12(16)15-13-10(8-14)9-5-4-6-11(9)17-13/h1H,3-7H2,(H,15,16). The molecule has 1 aromatic heterocycles. The van der Waals surface area contributed by atoms with Gasteiger partial charge in [-0.1, -0.05) is 0 Å². The molecule has 0 unspecified atom stereocenters. The van der Waals surface area contributed by atoms with Gasteiger partial charge >= 0.3 is 0 Å². The van der Waals surface area contributed by atoms with Crippen LogP contribution in [0.4, 0.5) is 5.00 Å². The fraction of sp³-hybridized carbons (Fsp3) is 0.385. The highest BCUT2D eigenvalue weighted by atomic mass is 32.1. The number of carbonyl (C=O) groups is 1. The van der Waals surface area contributed by atoms with Gasteiger partial charge in [0.1, 0.15) is 11.1 Å². The van der Waals surface area contributed by atoms with Gasteiger partial charge in [-0.05, 0) is 24.8 Å². The van der Waals surface area contributed by atoms with E-state index in [1.54, 1.807) is 0 Å². The predicted molar refractivity (Wildman–Crippen MR) is 67.8 cm³/mol. The first-order valence-corrected chi connectivity index (χ1v) is 6.36. The zero-order chi connectivity index (χ0) is 12.3. The summed E-state index contributed by atoms with van der Waals surface area (Å²) in [6, 6.07) is 2.19. The number of amides is 1. The molecule has 0 spiro atoms. The van der Waals surface area contributed by atoms with Crippen LogP contribution in [0, 0.1) is 23.7 Å². The minimum absolute atomic E-state index is 0.112. The first-order valence-electron chi connectivity index (χ1n) is 5.54. The molecule has 1 aliphatic carbocycles. The summed E-state index contributed by atoms with van der Waals surface area (Å²) in [6.07, 6.45) is 8.93. The van der Waals surface area contributed by atoms with Gasteiger partial charge in [-0.2, -0.15) is 5.26 Å². The molecule has 1 aromatic rings. The Balaban J connectivity index is 2.15. The lowest BCUT2D eigenvalue weighted by atomic mass is 10.1. The molecule has 0 aromatic carbocycles. The molecule has 1 aliphatic rings. The highest BCUT2D eigenvalue weighted by molar-refractivity contribution is 7.16. The molecule has 1 heterocycles. The van der Waals surface area contributed by atoms with E-state index in [2.05, 4.69) is 17.3 Å². The van der Waals surface area contributed by atoms with Gasteiger partial charge in [-0.25, -0.2) is 0 Å². The van der Waals surface area contributed by atoms with Crippen LogP contribution in [0.5, 0.6) is 0 Å². The second-order valence-corrected chi connectivity index (χ2v) is 5.03. The maximum Gasteiger partial charge on any atom is 0.225 e. The Hall–Kier alpha value is -1.78. The molecule has 86 valence electrons. The number of thiophene rings is 1. The minimum Gasteiger partial charge on any atom is -0.317 e. The van der Waals surface area contributed by atoms with Gasteiger partial charge in [0.15, 0.2) is 0 Å². The van der Waals surface area contributed by atoms with Crippen LogP contribution in [-0.2, 0) is 17.6 Å². The molecule has 0 saturated heterocycles. The number of hydrogen-bond acceptors (Lipinski definition) is 3. The van der Waals surface area contributed by atoms with Crippen molar-refractivity contribution < 1.29 is 4.79 Å². The molecule has 2 rings (SSSR count). The lowest BCUT2D eigenvalue weighted by Crippen LogP contribution is -2.10. The maximum atomic E-state index is 11.6. The largest absolute Gasteiger partial charge is 0.317 e. The number of aryl methyl sites for hydroxylation is 1. The van der Waals surface area contributed by atoms with E-state index in [-0.39, 0.29) is 5.91 Å². The van der Waals surface area contributed by atoms with Crippen LogP contribution in [0.1, 0.15) is 35.3 Å². The lowest BCUT2D eigenvalue weighted by Gasteiger charge is -2.01. The number of nitriles is 1. The van der Waals surface area contributed by atoms with Gasteiger partial charge < -0.3 is 5.32 Å². The van der Waals surface area contributed by atoms with Gasteiger partial charge in [0.05, 0.1) is 5.56 Å². The van der Waals surface area contributed by atoms with E-state index >= 15 is 0 Å². The van der Waals surface area contributed by atoms with E-state index < -0.39 is 0 Å². The first kappa shape index (κ1) is 11.7. The van der Waals surface area contributed by atoms with Crippen molar-refractivity contribution in [3.05, 3.63) is 16.0 Å². The van der Waals surface area contributed by atoms with E-state index in [4.69, 9.17) is 11.7 Å². The molecule has 1 amide bonds. The summed E-state index contributed by atoms with van der Waals surface area (Å²) in [5.41, 5.74) is 1.78. The van der Waals surface area contributed by atoms with Crippen molar-refractivity contribution in [1.29, 1.82) is 5.26 Å².